The topological polar surface area (TPSA) is 74.3 Å². The molecule has 0 radical (unpaired) electrons. The first-order chi connectivity index (χ1) is 18.0. The van der Waals surface area contributed by atoms with Gasteiger partial charge in [0.1, 0.15) is 19.0 Å². The Morgan fingerprint density at radius 2 is 1.62 bits per heavy atom. The third kappa shape index (κ3) is 6.62. The zero-order valence-corrected chi connectivity index (χ0v) is 21.3. The van der Waals surface area contributed by atoms with E-state index in [1.165, 1.54) is 12.1 Å². The van der Waals surface area contributed by atoms with Crippen LogP contribution in [0, 0.1) is 5.82 Å². The van der Waals surface area contributed by atoms with Crippen molar-refractivity contribution in [2.45, 2.75) is 13.5 Å². The Hall–Kier alpha value is -3.98. The lowest BCUT2D eigenvalue weighted by atomic mass is 10.1. The van der Waals surface area contributed by atoms with Gasteiger partial charge in [0.25, 0.3) is 11.1 Å². The van der Waals surface area contributed by atoms with E-state index in [-0.39, 0.29) is 36.7 Å². The van der Waals surface area contributed by atoms with E-state index in [2.05, 4.69) is 0 Å². The molecule has 37 heavy (non-hydrogen) atoms. The maximum absolute atomic E-state index is 13.1. The minimum Gasteiger partial charge on any atom is -0.493 e. The number of nitrogens with zero attached hydrogens (tertiary/aromatic N) is 1. The van der Waals surface area contributed by atoms with Crippen LogP contribution in [0.25, 0.3) is 6.08 Å². The van der Waals surface area contributed by atoms with Crippen LogP contribution in [-0.4, -0.2) is 42.9 Å². The van der Waals surface area contributed by atoms with Gasteiger partial charge in [-0.3, -0.25) is 14.5 Å². The summed E-state index contributed by atoms with van der Waals surface area (Å²) in [6.45, 7) is 2.77. The van der Waals surface area contributed by atoms with Crippen LogP contribution in [0.5, 0.6) is 23.0 Å². The molecule has 1 fully saturated rings. The number of halogens is 1. The predicted molar refractivity (Wildman–Crippen MR) is 140 cm³/mol. The Morgan fingerprint density at radius 3 is 2.35 bits per heavy atom. The summed E-state index contributed by atoms with van der Waals surface area (Å²) in [5.74, 6) is 1.45. The van der Waals surface area contributed by atoms with Gasteiger partial charge >= 0.3 is 0 Å². The van der Waals surface area contributed by atoms with Crippen LogP contribution in [0.2, 0.25) is 0 Å². The quantitative estimate of drug-likeness (QED) is 0.289. The van der Waals surface area contributed by atoms with E-state index in [4.69, 9.17) is 18.9 Å². The average molecular weight is 524 g/mol. The molecule has 4 rings (SSSR count). The molecule has 0 N–H and O–H groups in total. The van der Waals surface area contributed by atoms with Gasteiger partial charge in [-0.1, -0.05) is 30.3 Å². The number of methoxy groups -OCH3 is 1. The van der Waals surface area contributed by atoms with Crippen molar-refractivity contribution in [3.8, 4) is 23.0 Å². The fourth-order valence-electron chi connectivity index (χ4n) is 3.57. The second-order valence-electron chi connectivity index (χ2n) is 7.89. The third-order valence-electron chi connectivity index (χ3n) is 5.39. The summed E-state index contributed by atoms with van der Waals surface area (Å²) in [4.78, 5) is 26.9. The minimum absolute atomic E-state index is 0.112. The lowest BCUT2D eigenvalue weighted by Crippen LogP contribution is -2.32. The number of amides is 2. The van der Waals surface area contributed by atoms with Gasteiger partial charge in [0.05, 0.1) is 25.2 Å². The molecule has 1 aliphatic heterocycles. The number of ether oxygens (including phenoxy) is 4. The average Bonchev–Trinajstić information content (AvgIpc) is 3.17. The molecule has 1 aliphatic rings. The van der Waals surface area contributed by atoms with Crippen LogP contribution in [-0.2, 0) is 11.4 Å². The molecule has 0 atom stereocenters. The molecule has 0 bridgehead atoms. The van der Waals surface area contributed by atoms with Crippen molar-refractivity contribution in [1.29, 1.82) is 0 Å². The molecule has 1 heterocycles. The van der Waals surface area contributed by atoms with Gasteiger partial charge < -0.3 is 18.9 Å². The number of hydrogen-bond acceptors (Lipinski definition) is 7. The van der Waals surface area contributed by atoms with Crippen LogP contribution >= 0.6 is 11.8 Å². The van der Waals surface area contributed by atoms with E-state index >= 15 is 0 Å². The third-order valence-corrected chi connectivity index (χ3v) is 6.30. The Bertz CT molecular complexity index is 1290. The highest BCUT2D eigenvalue weighted by atomic mass is 32.2. The lowest BCUT2D eigenvalue weighted by Gasteiger charge is -2.14. The van der Waals surface area contributed by atoms with E-state index in [9.17, 15) is 14.0 Å². The first-order valence-corrected chi connectivity index (χ1v) is 12.5. The van der Waals surface area contributed by atoms with Gasteiger partial charge in [-0.05, 0) is 72.3 Å². The van der Waals surface area contributed by atoms with Crippen LogP contribution in [0.1, 0.15) is 18.1 Å². The van der Waals surface area contributed by atoms with Crippen molar-refractivity contribution >= 4 is 29.0 Å². The Kier molecular flexibility index (Phi) is 8.68. The van der Waals surface area contributed by atoms with E-state index in [1.54, 1.807) is 55.7 Å². The summed E-state index contributed by atoms with van der Waals surface area (Å²) in [5.41, 5.74) is 1.50. The lowest BCUT2D eigenvalue weighted by molar-refractivity contribution is -0.123. The zero-order chi connectivity index (χ0) is 26.2. The molecule has 3 aromatic rings. The molecule has 0 saturated carbocycles. The van der Waals surface area contributed by atoms with Gasteiger partial charge in [-0.2, -0.15) is 0 Å². The van der Waals surface area contributed by atoms with Gasteiger partial charge in [0.2, 0.25) is 0 Å². The highest BCUT2D eigenvalue weighted by molar-refractivity contribution is 8.18. The number of imide groups is 1. The maximum Gasteiger partial charge on any atom is 0.293 e. The number of hydrogen-bond donors (Lipinski definition) is 0. The molecule has 0 spiro atoms. The van der Waals surface area contributed by atoms with Crippen molar-refractivity contribution in [3.05, 3.63) is 88.6 Å². The standard InChI is InChI=1S/C28H26FNO6S/c1-3-34-25-16-20(10-13-24(25)36-18-19-8-11-21(29)12-9-19)17-26-27(31)30(28(32)37-26)14-15-35-23-7-5-4-6-22(23)33-2/h4-13,16-17H,3,14-15,18H2,1-2H3/b26-17-. The van der Waals surface area contributed by atoms with Crippen molar-refractivity contribution in [1.82, 2.24) is 4.90 Å². The molecular weight excluding hydrogens is 497 g/mol. The molecule has 0 unspecified atom stereocenters. The monoisotopic (exact) mass is 523 g/mol. The number of carbonyl (C=O) groups excluding carboxylic acids is 2. The summed E-state index contributed by atoms with van der Waals surface area (Å²) in [6, 6.07) is 18.5. The molecule has 3 aromatic carbocycles. The summed E-state index contributed by atoms with van der Waals surface area (Å²) < 4.78 is 35.7. The minimum atomic E-state index is -0.381. The van der Waals surface area contributed by atoms with Gasteiger partial charge in [-0.25, -0.2) is 4.39 Å². The molecule has 1 saturated heterocycles. The van der Waals surface area contributed by atoms with Gasteiger partial charge in [-0.15, -0.1) is 0 Å². The number of para-hydroxylation sites is 2. The number of carbonyl (C=O) groups is 2. The fourth-order valence-corrected chi connectivity index (χ4v) is 4.44. The van der Waals surface area contributed by atoms with Crippen LogP contribution in [0.4, 0.5) is 9.18 Å². The summed E-state index contributed by atoms with van der Waals surface area (Å²) in [7, 11) is 1.55. The van der Waals surface area contributed by atoms with E-state index in [0.29, 0.717) is 40.1 Å². The number of thioether (sulfide) groups is 1. The Morgan fingerprint density at radius 1 is 0.892 bits per heavy atom. The van der Waals surface area contributed by atoms with Crippen LogP contribution in [0.3, 0.4) is 0 Å². The van der Waals surface area contributed by atoms with Gasteiger partial charge in [0.15, 0.2) is 23.0 Å². The summed E-state index contributed by atoms with van der Waals surface area (Å²) in [6.07, 6.45) is 1.65. The first kappa shape index (κ1) is 26.1. The van der Waals surface area contributed by atoms with Gasteiger partial charge in [0, 0.05) is 0 Å². The second kappa shape index (κ2) is 12.3. The molecular formula is C28H26FNO6S. The van der Waals surface area contributed by atoms with E-state index in [1.807, 2.05) is 19.1 Å². The largest absolute Gasteiger partial charge is 0.493 e. The molecule has 2 amide bonds. The fraction of sp³-hybridized carbons (Fsp3) is 0.214. The molecule has 0 aromatic heterocycles. The van der Waals surface area contributed by atoms with Crippen molar-refractivity contribution < 1.29 is 32.9 Å². The maximum atomic E-state index is 13.1. The SMILES string of the molecule is CCOc1cc(/C=C2\SC(=O)N(CCOc3ccccc3OC)C2=O)ccc1OCc1ccc(F)cc1. The molecule has 192 valence electrons. The molecule has 7 nitrogen and oxygen atoms in total. The molecule has 9 heteroatoms. The predicted octanol–water partition coefficient (Wildman–Crippen LogP) is 5.93. The first-order valence-electron chi connectivity index (χ1n) is 11.6. The molecule has 0 aliphatic carbocycles. The Labute approximate surface area is 218 Å². The van der Waals surface area contributed by atoms with E-state index < -0.39 is 0 Å². The van der Waals surface area contributed by atoms with E-state index in [0.717, 1.165) is 22.2 Å². The zero-order valence-electron chi connectivity index (χ0n) is 20.4. The highest BCUT2D eigenvalue weighted by Crippen LogP contribution is 2.35. The Balaban J connectivity index is 1.41. The summed E-state index contributed by atoms with van der Waals surface area (Å²) in [5, 5.41) is -0.357. The summed E-state index contributed by atoms with van der Waals surface area (Å²) >= 11 is 0.878. The van der Waals surface area contributed by atoms with Crippen molar-refractivity contribution in [2.75, 3.05) is 26.9 Å². The normalized spacial score (nSPS) is 14.2. The highest BCUT2D eigenvalue weighted by Gasteiger charge is 2.34. The van der Waals surface area contributed by atoms with Crippen molar-refractivity contribution in [2.24, 2.45) is 0 Å². The van der Waals surface area contributed by atoms with Crippen LogP contribution in [0.15, 0.2) is 71.6 Å². The number of rotatable bonds is 11. The van der Waals surface area contributed by atoms with Crippen molar-refractivity contribution in [3.63, 3.8) is 0 Å². The van der Waals surface area contributed by atoms with Crippen LogP contribution < -0.4 is 18.9 Å². The number of benzene rings is 3. The smallest absolute Gasteiger partial charge is 0.293 e. The second-order valence-corrected chi connectivity index (χ2v) is 8.88.